The van der Waals surface area contributed by atoms with Gasteiger partial charge >= 0.3 is 0 Å². The van der Waals surface area contributed by atoms with Gasteiger partial charge in [0.25, 0.3) is 0 Å². The molecule has 6 nitrogen and oxygen atoms in total. The van der Waals surface area contributed by atoms with E-state index in [-0.39, 0.29) is 0 Å². The summed E-state index contributed by atoms with van der Waals surface area (Å²) in [4.78, 5) is 10.9. The highest BCUT2D eigenvalue weighted by molar-refractivity contribution is 6.31. The molecule has 7 heteroatoms. The van der Waals surface area contributed by atoms with Gasteiger partial charge in [-0.15, -0.1) is 0 Å². The third kappa shape index (κ3) is 2.91. The van der Waals surface area contributed by atoms with Crippen molar-refractivity contribution in [3.63, 3.8) is 0 Å². The second-order valence-corrected chi connectivity index (χ2v) is 6.51. The van der Waals surface area contributed by atoms with Crippen molar-refractivity contribution < 1.29 is 9.47 Å². The van der Waals surface area contributed by atoms with Crippen molar-refractivity contribution >= 4 is 34.0 Å². The van der Waals surface area contributed by atoms with Gasteiger partial charge in [-0.25, -0.2) is 9.97 Å². The van der Waals surface area contributed by atoms with Gasteiger partial charge in [-0.2, -0.15) is 0 Å². The van der Waals surface area contributed by atoms with Crippen molar-refractivity contribution in [2.45, 2.75) is 0 Å². The molecule has 0 amide bonds. The number of ether oxygens (including phenoxy) is 2. The van der Waals surface area contributed by atoms with Crippen molar-refractivity contribution in [1.82, 2.24) is 9.97 Å². The first-order chi connectivity index (χ1) is 12.7. The van der Waals surface area contributed by atoms with Crippen molar-refractivity contribution in [2.75, 3.05) is 44.0 Å². The quantitative estimate of drug-likeness (QED) is 0.762. The lowest BCUT2D eigenvalue weighted by Gasteiger charge is -2.31. The van der Waals surface area contributed by atoms with E-state index in [9.17, 15) is 0 Å². The number of nitrogens with two attached hydrogens (primary N) is 1. The topological polar surface area (TPSA) is 73.5 Å². The van der Waals surface area contributed by atoms with Gasteiger partial charge in [0.15, 0.2) is 5.75 Å². The van der Waals surface area contributed by atoms with Crippen LogP contribution in [-0.2, 0) is 4.74 Å². The van der Waals surface area contributed by atoms with Crippen LogP contribution in [0.15, 0.2) is 36.7 Å². The molecule has 26 heavy (non-hydrogen) atoms. The first-order valence-corrected chi connectivity index (χ1v) is 8.76. The SMILES string of the molecule is COc1c(N2CCOCC2)cc(-c2cccc(Cl)c2)c2ncnc(N)c12. The highest BCUT2D eigenvalue weighted by atomic mass is 35.5. The number of aromatic nitrogens is 2. The normalized spacial score (nSPS) is 14.6. The zero-order chi connectivity index (χ0) is 18.1. The summed E-state index contributed by atoms with van der Waals surface area (Å²) in [5, 5.41) is 1.38. The van der Waals surface area contributed by atoms with E-state index < -0.39 is 0 Å². The molecule has 0 atom stereocenters. The Morgan fingerprint density at radius 2 is 2.00 bits per heavy atom. The van der Waals surface area contributed by atoms with E-state index in [4.69, 9.17) is 26.8 Å². The average Bonchev–Trinajstić information content (AvgIpc) is 2.67. The molecule has 1 aromatic heterocycles. The fraction of sp³-hybridized carbons (Fsp3) is 0.263. The van der Waals surface area contributed by atoms with Crippen LogP contribution in [0.3, 0.4) is 0 Å². The molecule has 4 rings (SSSR count). The van der Waals surface area contributed by atoms with Gasteiger partial charge in [0.2, 0.25) is 0 Å². The monoisotopic (exact) mass is 370 g/mol. The number of hydrogen-bond donors (Lipinski definition) is 1. The van der Waals surface area contributed by atoms with Crippen LogP contribution in [0, 0.1) is 0 Å². The smallest absolute Gasteiger partial charge is 0.155 e. The molecule has 1 fully saturated rings. The Bertz CT molecular complexity index is 958. The van der Waals surface area contributed by atoms with Gasteiger partial charge in [-0.05, 0) is 23.8 Å². The van der Waals surface area contributed by atoms with E-state index >= 15 is 0 Å². The molecule has 2 aromatic carbocycles. The van der Waals surface area contributed by atoms with Crippen LogP contribution in [0.4, 0.5) is 11.5 Å². The molecule has 0 radical (unpaired) electrons. The summed E-state index contributed by atoms with van der Waals surface area (Å²) in [5.41, 5.74) is 9.82. The number of benzene rings is 2. The van der Waals surface area contributed by atoms with Crippen molar-refractivity contribution in [3.8, 4) is 16.9 Å². The molecule has 2 heterocycles. The summed E-state index contributed by atoms with van der Waals surface area (Å²) in [6.07, 6.45) is 1.47. The minimum absolute atomic E-state index is 0.394. The molecule has 0 saturated carbocycles. The number of halogens is 1. The average molecular weight is 371 g/mol. The maximum atomic E-state index is 6.22. The maximum absolute atomic E-state index is 6.22. The number of nitrogens with zero attached hydrogens (tertiary/aromatic N) is 3. The minimum atomic E-state index is 0.394. The number of anilines is 2. The highest BCUT2D eigenvalue weighted by Crippen LogP contribution is 2.43. The van der Waals surface area contributed by atoms with E-state index in [0.29, 0.717) is 35.2 Å². The zero-order valence-electron chi connectivity index (χ0n) is 14.4. The number of fused-ring (bicyclic) bond motifs is 1. The summed E-state index contributed by atoms with van der Waals surface area (Å²) in [7, 11) is 1.64. The fourth-order valence-corrected chi connectivity index (χ4v) is 3.54. The van der Waals surface area contributed by atoms with Crippen LogP contribution in [-0.4, -0.2) is 43.4 Å². The molecular weight excluding hydrogens is 352 g/mol. The molecule has 1 saturated heterocycles. The third-order valence-electron chi connectivity index (χ3n) is 4.56. The third-order valence-corrected chi connectivity index (χ3v) is 4.80. The largest absolute Gasteiger partial charge is 0.494 e. The summed E-state index contributed by atoms with van der Waals surface area (Å²) in [5.74, 6) is 1.08. The summed E-state index contributed by atoms with van der Waals surface area (Å²) in [6.45, 7) is 2.91. The van der Waals surface area contributed by atoms with E-state index in [1.54, 1.807) is 7.11 Å². The summed E-state index contributed by atoms with van der Waals surface area (Å²) in [6, 6.07) is 9.79. The molecule has 2 N–H and O–H groups in total. The molecule has 3 aromatic rings. The maximum Gasteiger partial charge on any atom is 0.155 e. The van der Waals surface area contributed by atoms with Crippen LogP contribution in [0.2, 0.25) is 5.02 Å². The van der Waals surface area contributed by atoms with E-state index in [2.05, 4.69) is 20.9 Å². The Morgan fingerprint density at radius 1 is 1.19 bits per heavy atom. The second kappa shape index (κ2) is 6.97. The van der Waals surface area contributed by atoms with Gasteiger partial charge in [-0.3, -0.25) is 0 Å². The molecule has 0 aliphatic carbocycles. The number of morpholine rings is 1. The Balaban J connectivity index is 2.03. The predicted octanol–water partition coefficient (Wildman–Crippen LogP) is 3.38. The number of rotatable bonds is 3. The molecular formula is C19H19ClN4O2. The van der Waals surface area contributed by atoms with E-state index in [1.165, 1.54) is 6.33 Å². The Morgan fingerprint density at radius 3 is 2.73 bits per heavy atom. The number of nitrogen functional groups attached to an aromatic ring is 1. The lowest BCUT2D eigenvalue weighted by atomic mass is 9.99. The Kier molecular flexibility index (Phi) is 4.53. The molecule has 134 valence electrons. The van der Waals surface area contributed by atoms with Crippen molar-refractivity contribution in [2.24, 2.45) is 0 Å². The number of hydrogen-bond acceptors (Lipinski definition) is 6. The Labute approximate surface area is 156 Å². The fourth-order valence-electron chi connectivity index (χ4n) is 3.35. The summed E-state index contributed by atoms with van der Waals surface area (Å²) < 4.78 is 11.2. The molecule has 0 spiro atoms. The highest BCUT2D eigenvalue weighted by Gasteiger charge is 2.23. The van der Waals surface area contributed by atoms with Gasteiger partial charge in [0.05, 0.1) is 36.9 Å². The summed E-state index contributed by atoms with van der Waals surface area (Å²) >= 11 is 6.22. The zero-order valence-corrected chi connectivity index (χ0v) is 15.2. The van der Waals surface area contributed by atoms with Crippen LogP contribution in [0.1, 0.15) is 0 Å². The van der Waals surface area contributed by atoms with Crippen LogP contribution in [0.5, 0.6) is 5.75 Å². The standard InChI is InChI=1S/C19H19ClN4O2/c1-25-18-15(24-5-7-26-8-6-24)10-14(12-3-2-4-13(20)9-12)17-16(18)19(21)23-11-22-17/h2-4,9-11H,5-8H2,1H3,(H2,21,22,23). The van der Waals surface area contributed by atoms with Gasteiger partial charge in [0.1, 0.15) is 12.1 Å². The van der Waals surface area contributed by atoms with Crippen molar-refractivity contribution in [3.05, 3.63) is 41.7 Å². The molecule has 1 aliphatic rings. The lowest BCUT2D eigenvalue weighted by Crippen LogP contribution is -2.36. The second-order valence-electron chi connectivity index (χ2n) is 6.07. The lowest BCUT2D eigenvalue weighted by molar-refractivity contribution is 0.122. The molecule has 0 unspecified atom stereocenters. The predicted molar refractivity (Wildman–Crippen MR) is 104 cm³/mol. The number of methoxy groups -OCH3 is 1. The van der Waals surface area contributed by atoms with Crippen molar-refractivity contribution in [1.29, 1.82) is 0 Å². The van der Waals surface area contributed by atoms with Crippen LogP contribution < -0.4 is 15.4 Å². The molecule has 0 bridgehead atoms. The molecule has 1 aliphatic heterocycles. The van der Waals surface area contributed by atoms with Gasteiger partial charge in [-0.1, -0.05) is 23.7 Å². The van der Waals surface area contributed by atoms with Gasteiger partial charge in [0, 0.05) is 23.7 Å². The first kappa shape index (κ1) is 16.9. The van der Waals surface area contributed by atoms with Gasteiger partial charge < -0.3 is 20.1 Å². The van der Waals surface area contributed by atoms with Crippen LogP contribution in [0.25, 0.3) is 22.0 Å². The van der Waals surface area contributed by atoms with E-state index in [1.807, 2.05) is 24.3 Å². The van der Waals surface area contributed by atoms with E-state index in [0.717, 1.165) is 35.4 Å². The first-order valence-electron chi connectivity index (χ1n) is 8.39. The Hall–Kier alpha value is -2.57. The van der Waals surface area contributed by atoms with Crippen LogP contribution >= 0.6 is 11.6 Å². The minimum Gasteiger partial charge on any atom is -0.494 e.